The predicted octanol–water partition coefficient (Wildman–Crippen LogP) is 0.475. The number of nitrogens with zero attached hydrogens (tertiary/aromatic N) is 7. The first-order valence-corrected chi connectivity index (χ1v) is 24.0. The standard InChI is InChI=1S/C45H55N17O9.C3H8/c1-24(53-34(64)22-51-33(63)9-3-2-4-18-62-35(65)14-15-36(62)66)41(67)55-27-11-12-29(30(20-27)38(46)59-60-49)43(69)50-16-5-8-31(44(70)71)56-42(68)26-10-13-32-25(19-26)7-6-17-61(32)23-28-21-52-40-37(54-28)39(47)57-45(48)58-40;1-3-2/h10-15,19-21,24,31,60H,2-9,16-18,22-23,49H2,1H3,(H2,46,59)(H,50,69)(H,51,63)(H,53,64)(H,55,67)(H,56,68)(H,70,71)(H4,47,48,52,57,58);3H2,1-2H3. The van der Waals surface area contributed by atoms with Gasteiger partial charge in [0.05, 0.1) is 30.5 Å². The van der Waals surface area contributed by atoms with Crippen LogP contribution in [0.2, 0.25) is 0 Å². The number of aryl methyl sites for hydroxylation is 1. The van der Waals surface area contributed by atoms with Crippen LogP contribution < -0.4 is 60.1 Å². The largest absolute Gasteiger partial charge is 0.480 e. The number of carboxylic acid groups (broad SMARTS) is 1. The molecule has 2 aromatic heterocycles. The van der Waals surface area contributed by atoms with Crippen LogP contribution >= 0.6 is 0 Å². The molecule has 0 saturated carbocycles. The Labute approximate surface area is 425 Å². The second kappa shape index (κ2) is 27.1. The molecular weight excluding hydrogens is 959 g/mol. The molecule has 26 heteroatoms. The molecule has 0 bridgehead atoms. The Morgan fingerprint density at radius 2 is 1.61 bits per heavy atom. The Bertz CT molecular complexity index is 2790. The van der Waals surface area contributed by atoms with Crippen molar-refractivity contribution in [1.29, 1.82) is 0 Å². The van der Waals surface area contributed by atoms with E-state index in [1.165, 1.54) is 43.7 Å². The number of benzene rings is 2. The molecule has 2 aliphatic rings. The van der Waals surface area contributed by atoms with Crippen LogP contribution in [-0.4, -0.2) is 121 Å². The number of amides is 7. The van der Waals surface area contributed by atoms with Gasteiger partial charge in [0.2, 0.25) is 23.7 Å². The fourth-order valence-corrected chi connectivity index (χ4v) is 7.76. The van der Waals surface area contributed by atoms with Crippen molar-refractivity contribution in [1.82, 2.24) is 51.6 Å². The number of nitrogens with one attached hydrogen (secondary N) is 6. The maximum Gasteiger partial charge on any atom is 0.326 e. The second-order valence-electron chi connectivity index (χ2n) is 17.3. The Balaban J connectivity index is 0.00000330. The summed E-state index contributed by atoms with van der Waals surface area (Å²) in [4.78, 5) is 120. The summed E-state index contributed by atoms with van der Waals surface area (Å²) in [6.07, 6.45) is 8.58. The van der Waals surface area contributed by atoms with E-state index < -0.39 is 41.7 Å². The van der Waals surface area contributed by atoms with Crippen LogP contribution in [0.25, 0.3) is 11.2 Å². The highest BCUT2D eigenvalue weighted by Gasteiger charge is 2.26. The molecule has 2 atom stereocenters. The van der Waals surface area contributed by atoms with Crippen LogP contribution in [0, 0.1) is 0 Å². The summed E-state index contributed by atoms with van der Waals surface area (Å²) >= 11 is 0. The highest BCUT2D eigenvalue weighted by molar-refractivity contribution is 6.13. The van der Waals surface area contributed by atoms with Crippen LogP contribution in [0.1, 0.15) is 110 Å². The minimum absolute atomic E-state index is 0.00172. The number of aliphatic carboxylic acids is 1. The van der Waals surface area contributed by atoms with E-state index in [0.29, 0.717) is 43.4 Å². The number of aromatic nitrogens is 4. The number of hydrogen-bond donors (Lipinski definition) is 11. The van der Waals surface area contributed by atoms with Crippen molar-refractivity contribution in [2.45, 2.75) is 97.2 Å². The number of imide groups is 1. The number of carbonyl (C=O) groups is 8. The van der Waals surface area contributed by atoms with Gasteiger partial charge in [-0.1, -0.05) is 26.7 Å². The van der Waals surface area contributed by atoms with Crippen LogP contribution in [0.5, 0.6) is 0 Å². The smallest absolute Gasteiger partial charge is 0.326 e. The minimum Gasteiger partial charge on any atom is -0.480 e. The van der Waals surface area contributed by atoms with Gasteiger partial charge in [0, 0.05) is 60.7 Å². The Morgan fingerprint density at radius 1 is 0.865 bits per heavy atom. The van der Waals surface area contributed by atoms with Gasteiger partial charge in [0.1, 0.15) is 12.1 Å². The first-order valence-electron chi connectivity index (χ1n) is 24.0. The van der Waals surface area contributed by atoms with Crippen molar-refractivity contribution in [2.75, 3.05) is 47.9 Å². The Hall–Kier alpha value is -8.81. The molecule has 0 saturated heterocycles. The van der Waals surface area contributed by atoms with Crippen molar-refractivity contribution >= 4 is 87.5 Å². The van der Waals surface area contributed by atoms with Gasteiger partial charge in [-0.15, -0.1) is 5.10 Å². The number of amidine groups is 1. The maximum absolute atomic E-state index is 13.4. The lowest BCUT2D eigenvalue weighted by Gasteiger charge is -2.31. The monoisotopic (exact) mass is 1020 g/mol. The molecule has 2 aromatic carbocycles. The van der Waals surface area contributed by atoms with E-state index in [9.17, 15) is 43.5 Å². The number of rotatable bonds is 23. The highest BCUT2D eigenvalue weighted by Crippen LogP contribution is 2.30. The molecule has 6 rings (SSSR count). The number of fused-ring (bicyclic) bond motifs is 2. The number of carboxylic acids is 1. The van der Waals surface area contributed by atoms with E-state index in [2.05, 4.69) is 75.9 Å². The summed E-state index contributed by atoms with van der Waals surface area (Å²) in [5.41, 5.74) is 23.5. The molecular formula is C48H63N17O9. The number of nitrogens with two attached hydrogens (primary N) is 4. The normalized spacial score (nSPS) is 13.8. The fourth-order valence-electron chi connectivity index (χ4n) is 7.76. The van der Waals surface area contributed by atoms with Crippen LogP contribution in [0.4, 0.5) is 23.1 Å². The summed E-state index contributed by atoms with van der Waals surface area (Å²) in [6, 6.07) is 7.00. The van der Waals surface area contributed by atoms with Gasteiger partial charge >= 0.3 is 5.97 Å². The SMILES string of the molecule is CC(NC(=O)CNC(=O)CCCCCN1C(=O)C=CC1=O)C(=O)Nc1ccc(C(=O)NCCCC(NC(=O)c2ccc3c(c2)CCCN3Cc2cnc3nc(N)nc(N)c3n2)C(=O)O)c(/C(N)=N/NN)c1.CCC. The van der Waals surface area contributed by atoms with Crippen LogP contribution in [-0.2, 0) is 41.7 Å². The zero-order valence-corrected chi connectivity index (χ0v) is 41.4. The van der Waals surface area contributed by atoms with Crippen molar-refractivity contribution in [3.05, 3.63) is 82.7 Å². The molecule has 7 amide bonds. The van der Waals surface area contributed by atoms with E-state index in [4.69, 9.17) is 23.0 Å². The van der Waals surface area contributed by atoms with Crippen molar-refractivity contribution in [3.63, 3.8) is 0 Å². The molecule has 4 heterocycles. The minimum atomic E-state index is -1.28. The molecule has 2 unspecified atom stereocenters. The molecule has 26 nitrogen and oxygen atoms in total. The molecule has 0 fully saturated rings. The van der Waals surface area contributed by atoms with Crippen molar-refractivity contribution in [3.8, 4) is 0 Å². The zero-order valence-electron chi connectivity index (χ0n) is 41.4. The third-order valence-corrected chi connectivity index (χ3v) is 11.4. The highest BCUT2D eigenvalue weighted by atomic mass is 16.4. The van der Waals surface area contributed by atoms with E-state index >= 15 is 0 Å². The number of hydrazine groups is 1. The predicted molar refractivity (Wildman–Crippen MR) is 274 cm³/mol. The van der Waals surface area contributed by atoms with Crippen molar-refractivity contribution in [2.24, 2.45) is 16.7 Å². The van der Waals surface area contributed by atoms with Gasteiger partial charge in [-0.3, -0.25) is 38.5 Å². The number of hydrogen-bond acceptors (Lipinski definition) is 18. The molecule has 15 N–H and O–H groups in total. The molecule has 2 aliphatic heterocycles. The molecule has 74 heavy (non-hydrogen) atoms. The Kier molecular flexibility index (Phi) is 20.6. The third-order valence-electron chi connectivity index (χ3n) is 11.4. The summed E-state index contributed by atoms with van der Waals surface area (Å²) in [5, 5.41) is 26.6. The number of nitrogen functional groups attached to an aromatic ring is 2. The lowest BCUT2D eigenvalue weighted by atomic mass is 9.98. The molecule has 4 aromatic rings. The quantitative estimate of drug-likeness (QED) is 0.0120. The number of unbranched alkanes of at least 4 members (excludes halogenated alkanes) is 2. The number of anilines is 4. The number of hydrazone groups is 1. The van der Waals surface area contributed by atoms with E-state index in [0.717, 1.165) is 29.1 Å². The van der Waals surface area contributed by atoms with Gasteiger partial charge < -0.3 is 53.8 Å². The van der Waals surface area contributed by atoms with E-state index in [1.54, 1.807) is 18.3 Å². The van der Waals surface area contributed by atoms with Gasteiger partial charge in [-0.2, -0.15) is 9.97 Å². The van der Waals surface area contributed by atoms with E-state index in [-0.39, 0.29) is 102 Å². The van der Waals surface area contributed by atoms with Crippen LogP contribution in [0.3, 0.4) is 0 Å². The topological polar surface area (TPSA) is 403 Å². The lowest BCUT2D eigenvalue weighted by Crippen LogP contribution is -2.45. The van der Waals surface area contributed by atoms with Gasteiger partial charge in [0.25, 0.3) is 23.6 Å². The van der Waals surface area contributed by atoms with Gasteiger partial charge in [-0.05, 0) is 87.4 Å². The first kappa shape index (κ1) is 56.1. The molecule has 0 spiro atoms. The Morgan fingerprint density at radius 3 is 2.32 bits per heavy atom. The van der Waals surface area contributed by atoms with E-state index in [1.807, 2.05) is 6.07 Å². The molecule has 0 aliphatic carbocycles. The summed E-state index contributed by atoms with van der Waals surface area (Å²) in [7, 11) is 0. The van der Waals surface area contributed by atoms with Gasteiger partial charge in [0.15, 0.2) is 22.8 Å². The molecule has 394 valence electrons. The van der Waals surface area contributed by atoms with Gasteiger partial charge in [-0.25, -0.2) is 26.1 Å². The maximum atomic E-state index is 13.4. The zero-order chi connectivity index (χ0) is 53.9. The molecule has 0 radical (unpaired) electrons. The summed E-state index contributed by atoms with van der Waals surface area (Å²) < 4.78 is 0. The summed E-state index contributed by atoms with van der Waals surface area (Å²) in [5.74, 6) is 0.415. The third kappa shape index (κ3) is 15.8. The second-order valence-corrected chi connectivity index (χ2v) is 17.3. The van der Waals surface area contributed by atoms with Crippen molar-refractivity contribution < 1.29 is 43.5 Å². The fraction of sp³-hybridized carbons (Fsp3) is 0.396. The lowest BCUT2D eigenvalue weighted by molar-refractivity contribution is -0.139. The summed E-state index contributed by atoms with van der Waals surface area (Å²) in [6.45, 7) is 6.67. The first-order chi connectivity index (χ1) is 35.4. The number of carbonyl (C=O) groups excluding carboxylic acids is 7. The average molecular weight is 1020 g/mol. The van der Waals surface area contributed by atoms with Crippen LogP contribution in [0.15, 0.2) is 59.8 Å². The average Bonchev–Trinajstić information content (AvgIpc) is 3.69.